The zero-order valence-electron chi connectivity index (χ0n) is 11.3. The maximum Gasteiger partial charge on any atom is 0.243 e. The van der Waals surface area contributed by atoms with E-state index in [1.54, 1.807) is 12.2 Å². The van der Waals surface area contributed by atoms with Crippen molar-refractivity contribution < 1.29 is 9.28 Å². The van der Waals surface area contributed by atoms with E-state index in [4.69, 9.17) is 0 Å². The normalized spacial score (nSPS) is 12.0. The van der Waals surface area contributed by atoms with Crippen LogP contribution in [0.15, 0.2) is 12.2 Å². The highest BCUT2D eigenvalue weighted by atomic mass is 16.1. The Labute approximate surface area is 100 Å². The van der Waals surface area contributed by atoms with Crippen molar-refractivity contribution in [3.8, 4) is 0 Å². The number of unbranched alkanes of at least 4 members (excludes halogenated alkanes) is 1. The minimum atomic E-state index is 0.0152. The van der Waals surface area contributed by atoms with Crippen LogP contribution in [-0.2, 0) is 4.79 Å². The van der Waals surface area contributed by atoms with Crippen LogP contribution in [0.25, 0.3) is 0 Å². The first-order valence-corrected chi connectivity index (χ1v) is 6.24. The van der Waals surface area contributed by atoms with E-state index in [1.165, 1.54) is 19.4 Å². The van der Waals surface area contributed by atoms with Crippen LogP contribution in [0.5, 0.6) is 0 Å². The van der Waals surface area contributed by atoms with Crippen LogP contribution in [-0.4, -0.2) is 44.1 Å². The van der Waals surface area contributed by atoms with Gasteiger partial charge in [-0.15, -0.1) is 0 Å². The summed E-state index contributed by atoms with van der Waals surface area (Å²) in [4.78, 5) is 11.1. The Kier molecular flexibility index (Phi) is 7.90. The molecule has 16 heavy (non-hydrogen) atoms. The highest BCUT2D eigenvalue weighted by Crippen LogP contribution is 2.02. The number of amides is 1. The van der Waals surface area contributed by atoms with Crippen molar-refractivity contribution in [2.24, 2.45) is 0 Å². The van der Waals surface area contributed by atoms with Crippen molar-refractivity contribution in [2.45, 2.75) is 33.1 Å². The predicted molar refractivity (Wildman–Crippen MR) is 69.2 cm³/mol. The van der Waals surface area contributed by atoms with Crippen molar-refractivity contribution in [2.75, 3.05) is 33.7 Å². The zero-order chi connectivity index (χ0) is 12.4. The largest absolute Gasteiger partial charge is 0.352 e. The van der Waals surface area contributed by atoms with E-state index in [9.17, 15) is 4.79 Å². The van der Waals surface area contributed by atoms with E-state index in [1.807, 2.05) is 6.92 Å². The first kappa shape index (κ1) is 15.2. The molecule has 0 heterocycles. The highest BCUT2D eigenvalue weighted by Gasteiger charge is 2.12. The Balaban J connectivity index is 3.60. The molecule has 0 spiro atoms. The number of hydrogen-bond acceptors (Lipinski definition) is 1. The Morgan fingerprint density at radius 2 is 1.88 bits per heavy atom. The topological polar surface area (TPSA) is 29.1 Å². The second-order valence-corrected chi connectivity index (χ2v) is 4.88. The molecule has 3 heteroatoms. The molecule has 3 nitrogen and oxygen atoms in total. The Morgan fingerprint density at radius 3 is 2.44 bits per heavy atom. The molecule has 1 N–H and O–H groups in total. The summed E-state index contributed by atoms with van der Waals surface area (Å²) >= 11 is 0. The molecule has 0 aromatic heterocycles. The molecule has 0 aromatic carbocycles. The second-order valence-electron chi connectivity index (χ2n) is 4.88. The maximum absolute atomic E-state index is 11.1. The molecule has 0 aromatic rings. The van der Waals surface area contributed by atoms with Crippen LogP contribution >= 0.6 is 0 Å². The maximum atomic E-state index is 11.1. The lowest BCUT2D eigenvalue weighted by Gasteiger charge is -2.29. The standard InChI is InChI=1S/C13H26N2O/c1-5-7-11-15(3,4)12-8-10-14-13(16)9-6-2/h6,9H,5,7-8,10-12H2,1-4H3/p+1. The number of carbonyl (C=O) groups excluding carboxylic acids is 1. The number of rotatable bonds is 8. The van der Waals surface area contributed by atoms with E-state index in [0.717, 1.165) is 24.0 Å². The lowest BCUT2D eigenvalue weighted by atomic mass is 10.2. The first-order chi connectivity index (χ1) is 7.52. The van der Waals surface area contributed by atoms with Gasteiger partial charge in [0.25, 0.3) is 0 Å². The van der Waals surface area contributed by atoms with Crippen LogP contribution in [0.1, 0.15) is 33.1 Å². The smallest absolute Gasteiger partial charge is 0.243 e. The van der Waals surface area contributed by atoms with Gasteiger partial charge in [0, 0.05) is 13.0 Å². The molecule has 0 rings (SSSR count). The number of hydrogen-bond donors (Lipinski definition) is 1. The molecule has 0 unspecified atom stereocenters. The lowest BCUT2D eigenvalue weighted by Crippen LogP contribution is -2.42. The third-order valence-electron chi connectivity index (χ3n) is 2.67. The average Bonchev–Trinajstić information content (AvgIpc) is 2.22. The summed E-state index contributed by atoms with van der Waals surface area (Å²) in [6, 6.07) is 0. The van der Waals surface area contributed by atoms with Gasteiger partial charge >= 0.3 is 0 Å². The number of allylic oxidation sites excluding steroid dienone is 1. The van der Waals surface area contributed by atoms with Crippen LogP contribution in [0.4, 0.5) is 0 Å². The van der Waals surface area contributed by atoms with Crippen LogP contribution in [0.2, 0.25) is 0 Å². The molecular weight excluding hydrogens is 200 g/mol. The predicted octanol–water partition coefficient (Wildman–Crippen LogP) is 1.95. The van der Waals surface area contributed by atoms with Gasteiger partial charge in [-0.1, -0.05) is 19.4 Å². The van der Waals surface area contributed by atoms with Crippen molar-refractivity contribution in [1.82, 2.24) is 5.32 Å². The third kappa shape index (κ3) is 8.48. The number of quaternary nitrogens is 1. The van der Waals surface area contributed by atoms with E-state index < -0.39 is 0 Å². The molecular formula is C13H27N2O+. The van der Waals surface area contributed by atoms with Crippen LogP contribution < -0.4 is 5.32 Å². The Bertz CT molecular complexity index is 222. The fourth-order valence-electron chi connectivity index (χ4n) is 1.63. The minimum Gasteiger partial charge on any atom is -0.352 e. The summed E-state index contributed by atoms with van der Waals surface area (Å²) in [5, 5.41) is 2.88. The summed E-state index contributed by atoms with van der Waals surface area (Å²) < 4.78 is 1.05. The van der Waals surface area contributed by atoms with Gasteiger partial charge in [-0.05, 0) is 19.4 Å². The molecule has 1 amide bonds. The summed E-state index contributed by atoms with van der Waals surface area (Å²) in [5.41, 5.74) is 0. The molecule has 0 aliphatic rings. The first-order valence-electron chi connectivity index (χ1n) is 6.24. The Hall–Kier alpha value is -0.830. The Morgan fingerprint density at radius 1 is 1.25 bits per heavy atom. The molecule has 94 valence electrons. The highest BCUT2D eigenvalue weighted by molar-refractivity contribution is 5.87. The molecule has 0 saturated heterocycles. The van der Waals surface area contributed by atoms with Gasteiger partial charge in [-0.3, -0.25) is 4.79 Å². The van der Waals surface area contributed by atoms with E-state index >= 15 is 0 Å². The van der Waals surface area contributed by atoms with Crippen molar-refractivity contribution in [1.29, 1.82) is 0 Å². The summed E-state index contributed by atoms with van der Waals surface area (Å²) in [5.74, 6) is 0.0152. The zero-order valence-corrected chi connectivity index (χ0v) is 11.3. The van der Waals surface area contributed by atoms with Gasteiger partial charge in [0.2, 0.25) is 5.91 Å². The van der Waals surface area contributed by atoms with Crippen molar-refractivity contribution >= 4 is 5.91 Å². The SMILES string of the molecule is CC=CC(=O)NCCC[N+](C)(C)CCCC. The molecule has 0 atom stereocenters. The molecule has 0 radical (unpaired) electrons. The van der Waals surface area contributed by atoms with Gasteiger partial charge in [-0.25, -0.2) is 0 Å². The quantitative estimate of drug-likeness (QED) is 0.383. The van der Waals surface area contributed by atoms with E-state index in [-0.39, 0.29) is 5.91 Å². The van der Waals surface area contributed by atoms with Crippen molar-refractivity contribution in [3.05, 3.63) is 12.2 Å². The minimum absolute atomic E-state index is 0.0152. The average molecular weight is 227 g/mol. The van der Waals surface area contributed by atoms with Gasteiger partial charge < -0.3 is 9.80 Å². The molecule has 0 saturated carbocycles. The molecule has 0 bridgehead atoms. The second kappa shape index (κ2) is 8.34. The summed E-state index contributed by atoms with van der Waals surface area (Å²) in [6.07, 6.45) is 6.89. The van der Waals surface area contributed by atoms with Crippen molar-refractivity contribution in [3.63, 3.8) is 0 Å². The monoisotopic (exact) mass is 227 g/mol. The van der Waals surface area contributed by atoms with Crippen LogP contribution in [0, 0.1) is 0 Å². The summed E-state index contributed by atoms with van der Waals surface area (Å²) in [6.45, 7) is 7.19. The third-order valence-corrected chi connectivity index (χ3v) is 2.67. The number of nitrogens with zero attached hydrogens (tertiary/aromatic N) is 1. The lowest BCUT2D eigenvalue weighted by molar-refractivity contribution is -0.890. The van der Waals surface area contributed by atoms with Gasteiger partial charge in [0.15, 0.2) is 0 Å². The molecule has 0 aliphatic heterocycles. The molecule has 0 aliphatic carbocycles. The van der Waals surface area contributed by atoms with Gasteiger partial charge in [0.05, 0.1) is 27.2 Å². The number of carbonyl (C=O) groups is 1. The number of nitrogens with one attached hydrogen (secondary N) is 1. The van der Waals surface area contributed by atoms with Gasteiger partial charge in [0.1, 0.15) is 0 Å². The fraction of sp³-hybridized carbons (Fsp3) is 0.769. The summed E-state index contributed by atoms with van der Waals surface area (Å²) in [7, 11) is 4.51. The van der Waals surface area contributed by atoms with E-state index in [2.05, 4.69) is 26.3 Å². The fourth-order valence-corrected chi connectivity index (χ4v) is 1.63. The molecule has 0 fully saturated rings. The van der Waals surface area contributed by atoms with E-state index in [0.29, 0.717) is 0 Å². The van der Waals surface area contributed by atoms with Crippen LogP contribution in [0.3, 0.4) is 0 Å². The van der Waals surface area contributed by atoms with Gasteiger partial charge in [-0.2, -0.15) is 0 Å².